The second-order valence-electron chi connectivity index (χ2n) is 17.8. The lowest BCUT2D eigenvalue weighted by Crippen LogP contribution is -2.00. The fraction of sp³-hybridized carbons (Fsp3) is 0.887. The Morgan fingerprint density at radius 1 is 0.255 bits per heavy atom. The Bertz CT molecular complexity index is 798. The van der Waals surface area contributed by atoms with E-state index in [0.717, 1.165) is 37.6 Å². The maximum atomic E-state index is 6.14. The quantitative estimate of drug-likeness (QED) is 0.0615. The first kappa shape index (κ1) is 51.8. The van der Waals surface area contributed by atoms with Crippen LogP contribution in [0.2, 0.25) is 0 Å². The Morgan fingerprint density at radius 2 is 0.436 bits per heavy atom. The number of hydrogen-bond donors (Lipinski definition) is 0. The molecule has 0 fully saturated rings. The Balaban J connectivity index is 1.83. The molecule has 0 radical (unpaired) electrons. The summed E-state index contributed by atoms with van der Waals surface area (Å²) in [6.45, 7) is 8.40. The molecule has 0 spiro atoms. The molecule has 55 heavy (non-hydrogen) atoms. The molecule has 324 valence electrons. The van der Waals surface area contributed by atoms with Crippen molar-refractivity contribution in [2.24, 2.45) is 0 Å². The average Bonchev–Trinajstić information content (AvgIpc) is 3.18. The first-order valence-corrected chi connectivity index (χ1v) is 25.6. The largest absolute Gasteiger partial charge is 0.493 e. The predicted molar refractivity (Wildman–Crippen MR) is 247 cm³/mol. The monoisotopic (exact) mass is 769 g/mol. The number of rotatable bonds is 46. The van der Waals surface area contributed by atoms with Gasteiger partial charge in [0.05, 0.1) is 13.2 Å². The van der Waals surface area contributed by atoms with Crippen LogP contribution in [0.3, 0.4) is 0 Å². The smallest absolute Gasteiger partial charge is 0.123 e. The van der Waals surface area contributed by atoms with Crippen LogP contribution in [-0.2, 0) is 0 Å². The second-order valence-corrected chi connectivity index (χ2v) is 17.8. The summed E-state index contributed by atoms with van der Waals surface area (Å²) in [5.41, 5.74) is 1.23. The molecule has 0 atom stereocenters. The molecule has 0 aliphatic rings. The van der Waals surface area contributed by atoms with Crippen LogP contribution in [0.15, 0.2) is 18.2 Å². The van der Waals surface area contributed by atoms with Crippen LogP contribution in [0.4, 0.5) is 0 Å². The van der Waals surface area contributed by atoms with Crippen LogP contribution in [0.5, 0.6) is 11.5 Å². The molecule has 0 unspecified atom stereocenters. The van der Waals surface area contributed by atoms with Crippen LogP contribution in [0.25, 0.3) is 0 Å². The number of hydrogen-bond acceptors (Lipinski definition) is 2. The van der Waals surface area contributed by atoms with Gasteiger partial charge in [0, 0.05) is 6.07 Å². The molecule has 0 amide bonds. The zero-order valence-corrected chi connectivity index (χ0v) is 38.2. The van der Waals surface area contributed by atoms with E-state index < -0.39 is 0 Å². The van der Waals surface area contributed by atoms with E-state index in [-0.39, 0.29) is 0 Å². The van der Waals surface area contributed by atoms with Gasteiger partial charge >= 0.3 is 0 Å². The van der Waals surface area contributed by atoms with Gasteiger partial charge in [-0.15, -0.1) is 0 Å². The number of ether oxygens (including phenoxy) is 2. The average molecular weight is 769 g/mol. The third-order valence-electron chi connectivity index (χ3n) is 12.1. The van der Waals surface area contributed by atoms with Gasteiger partial charge in [0.15, 0.2) is 0 Å². The molecule has 0 aliphatic carbocycles. The van der Waals surface area contributed by atoms with E-state index in [1.165, 1.54) is 262 Å². The highest BCUT2D eigenvalue weighted by atomic mass is 16.5. The molecule has 2 heteroatoms. The van der Waals surface area contributed by atoms with Crippen molar-refractivity contribution in [3.05, 3.63) is 23.8 Å². The molecule has 1 aromatic rings. The Morgan fingerprint density at radius 3 is 0.636 bits per heavy atom. The predicted octanol–water partition coefficient (Wildman–Crippen LogP) is 19.2. The van der Waals surface area contributed by atoms with Crippen LogP contribution >= 0.6 is 0 Å². The van der Waals surface area contributed by atoms with E-state index in [2.05, 4.69) is 39.0 Å². The zero-order valence-electron chi connectivity index (χ0n) is 38.2. The molecule has 0 heterocycles. The van der Waals surface area contributed by atoms with Crippen molar-refractivity contribution < 1.29 is 9.47 Å². The second kappa shape index (κ2) is 43.9. The zero-order chi connectivity index (χ0) is 39.4. The summed E-state index contributed by atoms with van der Waals surface area (Å²) in [6.07, 6.45) is 59.7. The third kappa shape index (κ3) is 39.4. The highest BCUT2D eigenvalue weighted by molar-refractivity contribution is 5.37. The Labute approximate surface area is 347 Å². The third-order valence-corrected chi connectivity index (χ3v) is 12.1. The molecular formula is C53H100O2. The van der Waals surface area contributed by atoms with E-state index in [9.17, 15) is 0 Å². The SMILES string of the molecule is CCCCCCCCCCCCCCCCCCCCCCCOc1cc(C)cc(OCCCCCCCCCCCCCCCCCCCCCCC)c1. The van der Waals surface area contributed by atoms with Gasteiger partial charge in [0.2, 0.25) is 0 Å². The first-order chi connectivity index (χ1) is 27.3. The van der Waals surface area contributed by atoms with Crippen molar-refractivity contribution in [3.63, 3.8) is 0 Å². The van der Waals surface area contributed by atoms with Gasteiger partial charge < -0.3 is 9.47 Å². The maximum Gasteiger partial charge on any atom is 0.123 e. The van der Waals surface area contributed by atoms with Crippen molar-refractivity contribution in [2.75, 3.05) is 13.2 Å². The minimum absolute atomic E-state index is 0.821. The highest BCUT2D eigenvalue weighted by Crippen LogP contribution is 2.24. The van der Waals surface area contributed by atoms with Gasteiger partial charge in [-0.1, -0.05) is 271 Å². The molecule has 0 N–H and O–H groups in total. The molecule has 0 aromatic heterocycles. The number of benzene rings is 1. The fourth-order valence-electron chi connectivity index (χ4n) is 8.33. The minimum atomic E-state index is 0.821. The molecule has 0 saturated carbocycles. The highest BCUT2D eigenvalue weighted by Gasteiger charge is 2.03. The summed E-state index contributed by atoms with van der Waals surface area (Å²) in [5.74, 6) is 1.95. The molecule has 0 aliphatic heterocycles. The molecule has 2 nitrogen and oxygen atoms in total. The Kier molecular flexibility index (Phi) is 41.4. The number of unbranched alkanes of at least 4 members (excludes halogenated alkanes) is 40. The van der Waals surface area contributed by atoms with Crippen molar-refractivity contribution in [2.45, 2.75) is 290 Å². The van der Waals surface area contributed by atoms with E-state index in [4.69, 9.17) is 9.47 Å². The molecule has 0 bridgehead atoms. The topological polar surface area (TPSA) is 18.5 Å². The lowest BCUT2D eigenvalue weighted by atomic mass is 10.0. The Hall–Kier alpha value is -1.18. The van der Waals surface area contributed by atoms with Gasteiger partial charge in [0.25, 0.3) is 0 Å². The van der Waals surface area contributed by atoms with Gasteiger partial charge in [-0.25, -0.2) is 0 Å². The van der Waals surface area contributed by atoms with E-state index >= 15 is 0 Å². The van der Waals surface area contributed by atoms with E-state index in [1.54, 1.807) is 0 Å². The first-order valence-electron chi connectivity index (χ1n) is 25.6. The lowest BCUT2D eigenvalue weighted by Gasteiger charge is -2.11. The summed E-state index contributed by atoms with van der Waals surface area (Å²) >= 11 is 0. The van der Waals surface area contributed by atoms with Crippen LogP contribution in [0, 0.1) is 6.92 Å². The van der Waals surface area contributed by atoms with Crippen molar-refractivity contribution in [3.8, 4) is 11.5 Å². The summed E-state index contributed by atoms with van der Waals surface area (Å²) in [6, 6.07) is 6.41. The lowest BCUT2D eigenvalue weighted by molar-refractivity contribution is 0.289. The summed E-state index contributed by atoms with van der Waals surface area (Å²) in [4.78, 5) is 0. The normalized spacial score (nSPS) is 11.5. The maximum absolute atomic E-state index is 6.14. The van der Waals surface area contributed by atoms with Gasteiger partial charge in [-0.05, 0) is 37.5 Å². The molecular weight excluding hydrogens is 669 g/mol. The summed E-state index contributed by atoms with van der Waals surface area (Å²) < 4.78 is 12.3. The molecule has 1 rings (SSSR count). The van der Waals surface area contributed by atoms with Gasteiger partial charge in [-0.3, -0.25) is 0 Å². The number of aryl methyl sites for hydroxylation is 1. The van der Waals surface area contributed by atoms with E-state index in [0.29, 0.717) is 0 Å². The van der Waals surface area contributed by atoms with Crippen molar-refractivity contribution in [1.82, 2.24) is 0 Å². The van der Waals surface area contributed by atoms with Crippen LogP contribution < -0.4 is 9.47 Å². The van der Waals surface area contributed by atoms with Gasteiger partial charge in [0.1, 0.15) is 11.5 Å². The van der Waals surface area contributed by atoms with Crippen molar-refractivity contribution in [1.29, 1.82) is 0 Å². The molecule has 1 aromatic carbocycles. The minimum Gasteiger partial charge on any atom is -0.493 e. The fourth-order valence-corrected chi connectivity index (χ4v) is 8.33. The van der Waals surface area contributed by atoms with E-state index in [1.807, 2.05) is 0 Å². The summed E-state index contributed by atoms with van der Waals surface area (Å²) in [7, 11) is 0. The standard InChI is InChI=1S/C53H100O2/c1-4-6-8-10-12-14-16-18-20-22-24-26-28-30-32-34-36-38-40-42-44-46-54-52-48-51(3)49-53(50-52)55-47-45-43-41-39-37-35-33-31-29-27-25-23-21-19-17-15-13-11-9-7-5-2/h48-50H,4-47H2,1-3H3. The summed E-state index contributed by atoms with van der Waals surface area (Å²) in [5, 5.41) is 0. The van der Waals surface area contributed by atoms with Crippen LogP contribution in [-0.4, -0.2) is 13.2 Å². The molecule has 0 saturated heterocycles. The van der Waals surface area contributed by atoms with Crippen LogP contribution in [0.1, 0.15) is 289 Å². The van der Waals surface area contributed by atoms with Gasteiger partial charge in [-0.2, -0.15) is 0 Å². The van der Waals surface area contributed by atoms with Crippen molar-refractivity contribution >= 4 is 0 Å².